The van der Waals surface area contributed by atoms with Crippen molar-refractivity contribution in [3.05, 3.63) is 29.0 Å². The van der Waals surface area contributed by atoms with Crippen LogP contribution in [-0.2, 0) is 6.54 Å². The van der Waals surface area contributed by atoms with Gasteiger partial charge in [0, 0.05) is 6.07 Å². The number of nitrogens with zero attached hydrogens (tertiary/aromatic N) is 3. The first-order valence-electron chi connectivity index (χ1n) is 4.91. The van der Waals surface area contributed by atoms with E-state index in [0.717, 1.165) is 5.69 Å². The van der Waals surface area contributed by atoms with E-state index < -0.39 is 0 Å². The normalized spacial score (nSPS) is 10.3. The van der Waals surface area contributed by atoms with E-state index in [-0.39, 0.29) is 5.15 Å². The molecule has 0 radical (unpaired) electrons. The molecule has 0 atom stereocenters. The second-order valence-corrected chi connectivity index (χ2v) is 3.69. The van der Waals surface area contributed by atoms with Gasteiger partial charge in [0.05, 0.1) is 19.3 Å². The quantitative estimate of drug-likeness (QED) is 0.842. The molecule has 2 heterocycles. The van der Waals surface area contributed by atoms with E-state index >= 15 is 0 Å². The third-order valence-corrected chi connectivity index (χ3v) is 2.34. The topological polar surface area (TPSA) is 73.1 Å². The molecule has 90 valence electrons. The predicted molar refractivity (Wildman–Crippen MR) is 62.2 cm³/mol. The number of ether oxygens (including phenoxy) is 1. The Balaban J connectivity index is 2.11. The predicted octanol–water partition coefficient (Wildman–Crippen LogP) is 2.05. The number of halogens is 1. The summed E-state index contributed by atoms with van der Waals surface area (Å²) in [7, 11) is 1.51. The van der Waals surface area contributed by atoms with Crippen LogP contribution in [0.1, 0.15) is 11.5 Å². The molecule has 0 unspecified atom stereocenters. The van der Waals surface area contributed by atoms with E-state index in [2.05, 4.69) is 20.4 Å². The van der Waals surface area contributed by atoms with Crippen LogP contribution in [0.25, 0.3) is 0 Å². The summed E-state index contributed by atoms with van der Waals surface area (Å²) in [4.78, 5) is 7.86. The molecule has 2 rings (SSSR count). The Labute approximate surface area is 103 Å². The van der Waals surface area contributed by atoms with Gasteiger partial charge >= 0.3 is 0 Å². The van der Waals surface area contributed by atoms with E-state index in [1.165, 1.54) is 13.4 Å². The van der Waals surface area contributed by atoms with Gasteiger partial charge in [0.2, 0.25) is 0 Å². The average molecular weight is 255 g/mol. The largest absolute Gasteiger partial charge is 0.490 e. The molecule has 7 heteroatoms. The van der Waals surface area contributed by atoms with Crippen LogP contribution in [0.5, 0.6) is 5.75 Å². The SMILES string of the molecule is COc1c(Cl)ncnc1NCc1cc(C)no1. The molecule has 0 fully saturated rings. The van der Waals surface area contributed by atoms with E-state index in [1.807, 2.05) is 13.0 Å². The molecular weight excluding hydrogens is 244 g/mol. The molecular formula is C10H11ClN4O2. The maximum absolute atomic E-state index is 5.86. The Morgan fingerprint density at radius 1 is 1.47 bits per heavy atom. The first kappa shape index (κ1) is 11.7. The lowest BCUT2D eigenvalue weighted by molar-refractivity contribution is 0.383. The molecule has 2 aromatic heterocycles. The van der Waals surface area contributed by atoms with Gasteiger partial charge in [-0.15, -0.1) is 0 Å². The Kier molecular flexibility index (Phi) is 3.43. The fourth-order valence-corrected chi connectivity index (χ4v) is 1.54. The number of nitrogens with one attached hydrogen (secondary N) is 1. The van der Waals surface area contributed by atoms with E-state index in [1.54, 1.807) is 0 Å². The highest BCUT2D eigenvalue weighted by Crippen LogP contribution is 2.28. The molecule has 0 spiro atoms. The minimum absolute atomic E-state index is 0.263. The Morgan fingerprint density at radius 2 is 2.29 bits per heavy atom. The molecule has 0 saturated carbocycles. The minimum atomic E-state index is 0.263. The summed E-state index contributed by atoms with van der Waals surface area (Å²) in [5.74, 6) is 1.63. The van der Waals surface area contributed by atoms with Crippen LogP contribution in [-0.4, -0.2) is 22.2 Å². The second kappa shape index (κ2) is 5.01. The zero-order chi connectivity index (χ0) is 12.3. The van der Waals surface area contributed by atoms with Gasteiger partial charge < -0.3 is 14.6 Å². The van der Waals surface area contributed by atoms with Gasteiger partial charge in [-0.1, -0.05) is 16.8 Å². The number of hydrogen-bond acceptors (Lipinski definition) is 6. The highest BCUT2D eigenvalue weighted by atomic mass is 35.5. The molecule has 0 aliphatic rings. The number of anilines is 1. The van der Waals surface area contributed by atoms with Crippen molar-refractivity contribution in [3.8, 4) is 5.75 Å². The van der Waals surface area contributed by atoms with Gasteiger partial charge in [-0.25, -0.2) is 9.97 Å². The van der Waals surface area contributed by atoms with E-state index in [4.69, 9.17) is 20.9 Å². The van der Waals surface area contributed by atoms with Crippen LogP contribution in [0.3, 0.4) is 0 Å². The van der Waals surface area contributed by atoms with Crippen molar-refractivity contribution in [1.82, 2.24) is 15.1 Å². The molecule has 0 amide bonds. The van der Waals surface area contributed by atoms with Gasteiger partial charge in [-0.05, 0) is 6.92 Å². The fraction of sp³-hybridized carbons (Fsp3) is 0.300. The van der Waals surface area contributed by atoms with Crippen molar-refractivity contribution in [1.29, 1.82) is 0 Å². The van der Waals surface area contributed by atoms with Gasteiger partial charge in [-0.2, -0.15) is 0 Å². The third kappa shape index (κ3) is 2.65. The number of rotatable bonds is 4. The summed E-state index contributed by atoms with van der Waals surface area (Å²) in [6.45, 7) is 2.31. The van der Waals surface area contributed by atoms with Gasteiger partial charge in [0.25, 0.3) is 0 Å². The standard InChI is InChI=1S/C10H11ClN4O2/c1-6-3-7(17-15-6)4-12-10-8(16-2)9(11)13-5-14-10/h3,5H,4H2,1-2H3,(H,12,13,14). The Hall–Kier alpha value is -1.82. The first-order chi connectivity index (χ1) is 8.20. The van der Waals surface area contributed by atoms with Crippen LogP contribution in [0, 0.1) is 6.92 Å². The zero-order valence-electron chi connectivity index (χ0n) is 9.40. The molecule has 0 bridgehead atoms. The Morgan fingerprint density at radius 3 is 2.94 bits per heavy atom. The highest BCUT2D eigenvalue weighted by molar-refractivity contribution is 6.31. The van der Waals surface area contributed by atoms with Crippen LogP contribution < -0.4 is 10.1 Å². The summed E-state index contributed by atoms with van der Waals surface area (Å²) in [6.07, 6.45) is 1.36. The van der Waals surface area contributed by atoms with Crippen LogP contribution in [0.15, 0.2) is 16.9 Å². The van der Waals surface area contributed by atoms with Crippen molar-refractivity contribution in [3.63, 3.8) is 0 Å². The Bertz CT molecular complexity index is 515. The van der Waals surface area contributed by atoms with Crippen LogP contribution in [0.2, 0.25) is 5.15 Å². The van der Waals surface area contributed by atoms with Crippen molar-refractivity contribution in [2.75, 3.05) is 12.4 Å². The number of aryl methyl sites for hydroxylation is 1. The molecule has 1 N–H and O–H groups in total. The lowest BCUT2D eigenvalue weighted by Gasteiger charge is -2.08. The smallest absolute Gasteiger partial charge is 0.198 e. The van der Waals surface area contributed by atoms with Gasteiger partial charge in [-0.3, -0.25) is 0 Å². The molecule has 6 nitrogen and oxygen atoms in total. The summed E-state index contributed by atoms with van der Waals surface area (Å²) in [5.41, 5.74) is 0.828. The summed E-state index contributed by atoms with van der Waals surface area (Å²) >= 11 is 5.86. The average Bonchev–Trinajstić information content (AvgIpc) is 2.72. The van der Waals surface area contributed by atoms with Crippen molar-refractivity contribution in [2.45, 2.75) is 13.5 Å². The molecule has 0 aromatic carbocycles. The second-order valence-electron chi connectivity index (χ2n) is 3.33. The van der Waals surface area contributed by atoms with Crippen molar-refractivity contribution >= 4 is 17.4 Å². The number of methoxy groups -OCH3 is 1. The minimum Gasteiger partial charge on any atom is -0.490 e. The van der Waals surface area contributed by atoms with Crippen LogP contribution >= 0.6 is 11.6 Å². The summed E-state index contributed by atoms with van der Waals surface area (Å²) in [6, 6.07) is 1.84. The van der Waals surface area contributed by atoms with Gasteiger partial charge in [0.15, 0.2) is 22.5 Å². The number of hydrogen-bond donors (Lipinski definition) is 1. The van der Waals surface area contributed by atoms with E-state index in [9.17, 15) is 0 Å². The van der Waals surface area contributed by atoms with Crippen molar-refractivity contribution < 1.29 is 9.26 Å². The first-order valence-corrected chi connectivity index (χ1v) is 5.29. The fourth-order valence-electron chi connectivity index (χ4n) is 1.33. The van der Waals surface area contributed by atoms with Gasteiger partial charge in [0.1, 0.15) is 6.33 Å². The summed E-state index contributed by atoms with van der Waals surface area (Å²) in [5, 5.41) is 7.09. The molecule has 0 aliphatic carbocycles. The highest BCUT2D eigenvalue weighted by Gasteiger charge is 2.10. The summed E-state index contributed by atoms with van der Waals surface area (Å²) < 4.78 is 10.2. The lowest BCUT2D eigenvalue weighted by Crippen LogP contribution is -2.03. The lowest BCUT2D eigenvalue weighted by atomic mass is 10.4. The van der Waals surface area contributed by atoms with Crippen LogP contribution in [0.4, 0.5) is 5.82 Å². The maximum Gasteiger partial charge on any atom is 0.198 e. The molecule has 2 aromatic rings. The molecule has 17 heavy (non-hydrogen) atoms. The monoisotopic (exact) mass is 254 g/mol. The zero-order valence-corrected chi connectivity index (χ0v) is 10.2. The van der Waals surface area contributed by atoms with Crippen molar-refractivity contribution in [2.24, 2.45) is 0 Å². The third-order valence-electron chi connectivity index (χ3n) is 2.07. The maximum atomic E-state index is 5.86. The molecule has 0 saturated heterocycles. The van der Waals surface area contributed by atoms with E-state index in [0.29, 0.717) is 23.9 Å². The number of aromatic nitrogens is 3. The molecule has 0 aliphatic heterocycles.